The van der Waals surface area contributed by atoms with E-state index < -0.39 is 16.1 Å². The summed E-state index contributed by atoms with van der Waals surface area (Å²) in [5, 5.41) is 3.12. The lowest BCUT2D eigenvalue weighted by Gasteiger charge is -2.30. The van der Waals surface area contributed by atoms with Gasteiger partial charge in [0.15, 0.2) is 0 Å². The third-order valence-corrected chi connectivity index (χ3v) is 8.48. The van der Waals surface area contributed by atoms with E-state index in [2.05, 4.69) is 5.32 Å². The van der Waals surface area contributed by atoms with Gasteiger partial charge in [0.1, 0.15) is 6.04 Å². The number of carbonyl (C=O) groups excluding carboxylic acids is 2. The van der Waals surface area contributed by atoms with Gasteiger partial charge in [-0.25, -0.2) is 8.42 Å². The number of hydrogen-bond acceptors (Lipinski definition) is 4. The maximum atomic E-state index is 13.4. The van der Waals surface area contributed by atoms with E-state index in [9.17, 15) is 18.0 Å². The van der Waals surface area contributed by atoms with Crippen molar-refractivity contribution in [2.24, 2.45) is 0 Å². The highest BCUT2D eigenvalue weighted by molar-refractivity contribution is 7.92. The number of benzene rings is 2. The first-order valence-electron chi connectivity index (χ1n) is 13.2. The molecular weight excluding hydrogens is 486 g/mol. The molecule has 1 N–H and O–H groups in total. The molecule has 0 radical (unpaired) electrons. The Balaban J connectivity index is 1.68. The number of hydrogen-bond donors (Lipinski definition) is 1. The predicted molar refractivity (Wildman–Crippen MR) is 149 cm³/mol. The van der Waals surface area contributed by atoms with Gasteiger partial charge in [-0.1, -0.05) is 49.2 Å². The highest BCUT2D eigenvalue weighted by Gasteiger charge is 2.28. The zero-order chi connectivity index (χ0) is 27.0. The normalized spacial score (nSPS) is 14.8. The molecule has 1 saturated carbocycles. The number of amides is 2. The molecule has 1 aliphatic carbocycles. The fraction of sp³-hybridized carbons (Fsp3) is 0.517. The van der Waals surface area contributed by atoms with Crippen LogP contribution in [-0.4, -0.2) is 56.6 Å². The number of anilines is 1. The minimum absolute atomic E-state index is 0.124. The summed E-state index contributed by atoms with van der Waals surface area (Å²) in [6, 6.07) is 15.1. The van der Waals surface area contributed by atoms with Gasteiger partial charge in [-0.2, -0.15) is 0 Å². The molecule has 1 aliphatic rings. The molecule has 3 rings (SSSR count). The highest BCUT2D eigenvalue weighted by Crippen LogP contribution is 2.22. The fourth-order valence-corrected chi connectivity index (χ4v) is 5.80. The third kappa shape index (κ3) is 8.32. The Bertz CT molecular complexity index is 1160. The summed E-state index contributed by atoms with van der Waals surface area (Å²) in [7, 11) is -3.51. The SMILES string of the molecule is Cc1ccc(N(CCCC(=O)N(CCc2ccccc2)C(C)C(=O)NC2CCCC2)S(C)(=O)=O)cc1C. The van der Waals surface area contributed by atoms with E-state index in [0.717, 1.165) is 42.4 Å². The van der Waals surface area contributed by atoms with Crippen molar-refractivity contribution in [2.45, 2.75) is 77.8 Å². The van der Waals surface area contributed by atoms with Crippen molar-refractivity contribution in [3.8, 4) is 0 Å². The highest BCUT2D eigenvalue weighted by atomic mass is 32.2. The van der Waals surface area contributed by atoms with E-state index in [1.54, 1.807) is 17.9 Å². The van der Waals surface area contributed by atoms with Crippen LogP contribution in [0.4, 0.5) is 5.69 Å². The summed E-state index contributed by atoms with van der Waals surface area (Å²) in [5.74, 6) is -0.264. The van der Waals surface area contributed by atoms with E-state index in [1.165, 1.54) is 10.6 Å². The number of sulfonamides is 1. The number of carbonyl (C=O) groups is 2. The first-order chi connectivity index (χ1) is 17.6. The van der Waals surface area contributed by atoms with E-state index in [1.807, 2.05) is 56.3 Å². The molecule has 0 aromatic heterocycles. The first-order valence-corrected chi connectivity index (χ1v) is 15.1. The van der Waals surface area contributed by atoms with Crippen molar-refractivity contribution in [2.75, 3.05) is 23.7 Å². The number of nitrogens with zero attached hydrogens (tertiary/aromatic N) is 2. The molecule has 7 nitrogen and oxygen atoms in total. The van der Waals surface area contributed by atoms with Crippen LogP contribution < -0.4 is 9.62 Å². The molecule has 2 aromatic rings. The lowest BCUT2D eigenvalue weighted by molar-refractivity contribution is -0.140. The van der Waals surface area contributed by atoms with Gasteiger partial charge in [0.25, 0.3) is 0 Å². The lowest BCUT2D eigenvalue weighted by Crippen LogP contribution is -2.50. The second-order valence-electron chi connectivity index (χ2n) is 10.2. The average Bonchev–Trinajstić information content (AvgIpc) is 3.36. The first kappa shape index (κ1) is 28.7. The van der Waals surface area contributed by atoms with Gasteiger partial charge in [0, 0.05) is 25.6 Å². The molecule has 0 aliphatic heterocycles. The van der Waals surface area contributed by atoms with Crippen LogP contribution in [0, 0.1) is 13.8 Å². The second-order valence-corrected chi connectivity index (χ2v) is 12.1. The van der Waals surface area contributed by atoms with Crippen molar-refractivity contribution < 1.29 is 18.0 Å². The van der Waals surface area contributed by atoms with Gasteiger partial charge < -0.3 is 10.2 Å². The van der Waals surface area contributed by atoms with Gasteiger partial charge in [0.05, 0.1) is 11.9 Å². The summed E-state index contributed by atoms with van der Waals surface area (Å²) >= 11 is 0. The van der Waals surface area contributed by atoms with Gasteiger partial charge >= 0.3 is 0 Å². The number of rotatable bonds is 12. The minimum atomic E-state index is -3.51. The summed E-state index contributed by atoms with van der Waals surface area (Å²) in [6.45, 7) is 6.34. The van der Waals surface area contributed by atoms with Gasteiger partial charge in [-0.05, 0) is 75.3 Å². The van der Waals surface area contributed by atoms with E-state index in [0.29, 0.717) is 25.1 Å². The predicted octanol–water partition coefficient (Wildman–Crippen LogP) is 4.37. The molecule has 0 bridgehead atoms. The molecular formula is C29H41N3O4S. The molecule has 0 heterocycles. The van der Waals surface area contributed by atoms with Crippen LogP contribution in [-0.2, 0) is 26.0 Å². The third-order valence-electron chi connectivity index (χ3n) is 7.28. The molecule has 1 fully saturated rings. The molecule has 2 aromatic carbocycles. The molecule has 1 atom stereocenters. The monoisotopic (exact) mass is 527 g/mol. The van der Waals surface area contributed by atoms with Crippen LogP contribution in [0.25, 0.3) is 0 Å². The fourth-order valence-electron chi connectivity index (χ4n) is 4.85. The van der Waals surface area contributed by atoms with Crippen molar-refractivity contribution in [3.05, 3.63) is 65.2 Å². The molecule has 37 heavy (non-hydrogen) atoms. The zero-order valence-electron chi connectivity index (χ0n) is 22.6. The molecule has 0 spiro atoms. The Morgan fingerprint density at radius 3 is 2.30 bits per heavy atom. The number of aryl methyl sites for hydroxylation is 2. The van der Waals surface area contributed by atoms with Crippen molar-refractivity contribution in [1.82, 2.24) is 10.2 Å². The van der Waals surface area contributed by atoms with Gasteiger partial charge in [-0.3, -0.25) is 13.9 Å². The molecule has 0 saturated heterocycles. The molecule has 202 valence electrons. The Morgan fingerprint density at radius 2 is 1.68 bits per heavy atom. The van der Waals surface area contributed by atoms with Crippen LogP contribution in [0.5, 0.6) is 0 Å². The Morgan fingerprint density at radius 1 is 1.00 bits per heavy atom. The maximum absolute atomic E-state index is 13.4. The minimum Gasteiger partial charge on any atom is -0.352 e. The molecule has 2 amide bonds. The summed E-state index contributed by atoms with van der Waals surface area (Å²) < 4.78 is 26.4. The summed E-state index contributed by atoms with van der Waals surface area (Å²) in [6.07, 6.45) is 6.55. The Labute approximate surface area is 222 Å². The zero-order valence-corrected chi connectivity index (χ0v) is 23.4. The topological polar surface area (TPSA) is 86.8 Å². The van der Waals surface area contributed by atoms with Crippen LogP contribution in [0.2, 0.25) is 0 Å². The van der Waals surface area contributed by atoms with Crippen LogP contribution >= 0.6 is 0 Å². The summed E-state index contributed by atoms with van der Waals surface area (Å²) in [5.41, 5.74) is 3.80. The van der Waals surface area contributed by atoms with Gasteiger partial charge in [-0.15, -0.1) is 0 Å². The van der Waals surface area contributed by atoms with E-state index >= 15 is 0 Å². The van der Waals surface area contributed by atoms with Gasteiger partial charge in [0.2, 0.25) is 21.8 Å². The molecule has 1 unspecified atom stereocenters. The van der Waals surface area contributed by atoms with Crippen LogP contribution in [0.15, 0.2) is 48.5 Å². The van der Waals surface area contributed by atoms with E-state index in [-0.39, 0.29) is 30.8 Å². The van der Waals surface area contributed by atoms with Crippen molar-refractivity contribution >= 4 is 27.5 Å². The Hall–Kier alpha value is -2.87. The number of nitrogens with one attached hydrogen (secondary N) is 1. The maximum Gasteiger partial charge on any atom is 0.242 e. The average molecular weight is 528 g/mol. The Kier molecular flexibility index (Phi) is 10.1. The largest absolute Gasteiger partial charge is 0.352 e. The summed E-state index contributed by atoms with van der Waals surface area (Å²) in [4.78, 5) is 28.1. The van der Waals surface area contributed by atoms with Crippen LogP contribution in [0.3, 0.4) is 0 Å². The van der Waals surface area contributed by atoms with Crippen molar-refractivity contribution in [1.29, 1.82) is 0 Å². The smallest absolute Gasteiger partial charge is 0.242 e. The molecule has 8 heteroatoms. The lowest BCUT2D eigenvalue weighted by atomic mass is 10.1. The quantitative estimate of drug-likeness (QED) is 0.444. The van der Waals surface area contributed by atoms with Crippen molar-refractivity contribution in [3.63, 3.8) is 0 Å². The van der Waals surface area contributed by atoms with E-state index in [4.69, 9.17) is 0 Å². The van der Waals surface area contributed by atoms with Crippen LogP contribution in [0.1, 0.15) is 62.1 Å². The standard InChI is InChI=1S/C29H41N3O4S/c1-22-16-17-27(21-23(22)2)32(37(4,35)36)19-10-15-28(33)31(20-18-25-11-6-5-7-12-25)24(3)29(34)30-26-13-8-9-14-26/h5-7,11-12,16-17,21,24,26H,8-10,13-15,18-20H2,1-4H3,(H,30,34). The second kappa shape index (κ2) is 13.1.